The molecule has 2 aromatic carbocycles. The van der Waals surface area contributed by atoms with Crippen LogP contribution in [0, 0.1) is 0 Å². The summed E-state index contributed by atoms with van der Waals surface area (Å²) in [7, 11) is 0. The van der Waals surface area contributed by atoms with E-state index in [4.69, 9.17) is 4.74 Å². The number of para-hydroxylation sites is 1. The van der Waals surface area contributed by atoms with Crippen molar-refractivity contribution in [2.75, 3.05) is 25.0 Å². The molecule has 3 rings (SSSR count). The molecule has 7 heteroatoms. The Morgan fingerprint density at radius 3 is 2.52 bits per heavy atom. The van der Waals surface area contributed by atoms with Crippen LogP contribution in [0.25, 0.3) is 10.9 Å². The molecule has 164 valence electrons. The molecule has 0 aliphatic carbocycles. The highest BCUT2D eigenvalue weighted by molar-refractivity contribution is 5.93. The van der Waals surface area contributed by atoms with E-state index in [1.807, 2.05) is 91.0 Å². The number of hydrogen-bond acceptors (Lipinski definition) is 3. The van der Waals surface area contributed by atoms with Gasteiger partial charge < -0.3 is 24.8 Å². The first-order valence-corrected chi connectivity index (χ1v) is 10.6. The number of rotatable bonds is 9. The fourth-order valence-electron chi connectivity index (χ4n) is 3.42. The molecule has 0 saturated heterocycles. The van der Waals surface area contributed by atoms with E-state index in [-0.39, 0.29) is 18.0 Å². The van der Waals surface area contributed by atoms with Crippen LogP contribution < -0.4 is 15.4 Å². The summed E-state index contributed by atoms with van der Waals surface area (Å²) in [4.78, 5) is 26.5. The Morgan fingerprint density at radius 1 is 1.06 bits per heavy atom. The molecule has 7 nitrogen and oxygen atoms in total. The van der Waals surface area contributed by atoms with Gasteiger partial charge in [0.25, 0.3) is 0 Å². The van der Waals surface area contributed by atoms with Gasteiger partial charge in [-0.1, -0.05) is 18.2 Å². The minimum atomic E-state index is -0.293. The van der Waals surface area contributed by atoms with E-state index in [0.717, 1.165) is 16.7 Å². The van der Waals surface area contributed by atoms with Gasteiger partial charge in [-0.2, -0.15) is 0 Å². The molecular weight excluding hydrogens is 392 g/mol. The number of nitrogens with zero attached hydrogens (tertiary/aromatic N) is 2. The lowest BCUT2D eigenvalue weighted by Crippen LogP contribution is -2.36. The molecule has 3 amide bonds. The largest absolute Gasteiger partial charge is 0.489 e. The molecule has 0 aliphatic rings. The topological polar surface area (TPSA) is 75.6 Å². The van der Waals surface area contributed by atoms with Gasteiger partial charge in [-0.25, -0.2) is 4.79 Å². The van der Waals surface area contributed by atoms with E-state index >= 15 is 0 Å². The third kappa shape index (κ3) is 6.01. The van der Waals surface area contributed by atoms with E-state index in [1.165, 1.54) is 0 Å². The molecule has 0 fully saturated rings. The second-order valence-electron chi connectivity index (χ2n) is 7.36. The third-order valence-corrected chi connectivity index (χ3v) is 5.08. The number of aromatic nitrogens is 1. The van der Waals surface area contributed by atoms with Crippen LogP contribution in [0.1, 0.15) is 20.8 Å². The first-order chi connectivity index (χ1) is 15.0. The van der Waals surface area contributed by atoms with E-state index in [1.54, 1.807) is 0 Å². The standard InChI is InChI=1S/C24H30N4O3/c1-4-27(5-2)23(29)17-28-14-13-19-15-20(11-12-22(19)28)26-24(30)25-16-18(3)31-21-9-7-6-8-10-21/h6-15,18H,4-5,16-17H2,1-3H3,(H2,25,26,30). The Hall–Kier alpha value is -3.48. The maximum Gasteiger partial charge on any atom is 0.319 e. The Morgan fingerprint density at radius 2 is 1.81 bits per heavy atom. The number of anilines is 1. The van der Waals surface area contributed by atoms with Crippen LogP contribution in [0.2, 0.25) is 0 Å². The van der Waals surface area contributed by atoms with Crippen LogP contribution in [0.15, 0.2) is 60.8 Å². The van der Waals surface area contributed by atoms with Crippen molar-refractivity contribution in [2.24, 2.45) is 0 Å². The highest BCUT2D eigenvalue weighted by Crippen LogP contribution is 2.21. The third-order valence-electron chi connectivity index (χ3n) is 5.08. The van der Waals surface area contributed by atoms with Crippen LogP contribution in [0.5, 0.6) is 5.75 Å². The van der Waals surface area contributed by atoms with Crippen molar-refractivity contribution in [2.45, 2.75) is 33.4 Å². The maximum absolute atomic E-state index is 12.4. The van der Waals surface area contributed by atoms with E-state index in [9.17, 15) is 9.59 Å². The van der Waals surface area contributed by atoms with Crippen LogP contribution in [-0.2, 0) is 11.3 Å². The van der Waals surface area contributed by atoms with Crippen molar-refractivity contribution < 1.29 is 14.3 Å². The summed E-state index contributed by atoms with van der Waals surface area (Å²) < 4.78 is 7.70. The smallest absolute Gasteiger partial charge is 0.319 e. The minimum Gasteiger partial charge on any atom is -0.489 e. The summed E-state index contributed by atoms with van der Waals surface area (Å²) in [6, 6.07) is 16.8. The molecule has 1 heterocycles. The van der Waals surface area contributed by atoms with E-state index in [0.29, 0.717) is 31.9 Å². The Labute approximate surface area is 183 Å². The van der Waals surface area contributed by atoms with Crippen LogP contribution >= 0.6 is 0 Å². The summed E-state index contributed by atoms with van der Waals surface area (Å²) >= 11 is 0. The number of fused-ring (bicyclic) bond motifs is 1. The SMILES string of the molecule is CCN(CC)C(=O)Cn1ccc2cc(NC(=O)NCC(C)Oc3ccccc3)ccc21. The lowest BCUT2D eigenvalue weighted by atomic mass is 10.2. The fraction of sp³-hybridized carbons (Fsp3) is 0.333. The summed E-state index contributed by atoms with van der Waals surface area (Å²) in [5.74, 6) is 0.863. The van der Waals surface area contributed by atoms with Crippen molar-refractivity contribution in [3.05, 3.63) is 60.8 Å². The summed E-state index contributed by atoms with van der Waals surface area (Å²) in [6.45, 7) is 7.95. The first-order valence-electron chi connectivity index (χ1n) is 10.6. The fourth-order valence-corrected chi connectivity index (χ4v) is 3.42. The number of hydrogen-bond donors (Lipinski definition) is 2. The van der Waals surface area contributed by atoms with Crippen LogP contribution in [-0.4, -0.2) is 47.1 Å². The predicted octanol–water partition coefficient (Wildman–Crippen LogP) is 4.10. The van der Waals surface area contributed by atoms with Crippen molar-refractivity contribution in [3.63, 3.8) is 0 Å². The maximum atomic E-state index is 12.4. The van der Waals surface area contributed by atoms with Crippen molar-refractivity contribution in [3.8, 4) is 5.75 Å². The van der Waals surface area contributed by atoms with E-state index < -0.39 is 0 Å². The molecule has 0 spiro atoms. The highest BCUT2D eigenvalue weighted by Gasteiger charge is 2.12. The Kier molecular flexibility index (Phi) is 7.54. The van der Waals surface area contributed by atoms with Crippen LogP contribution in [0.3, 0.4) is 0 Å². The number of carbonyl (C=O) groups is 2. The quantitative estimate of drug-likeness (QED) is 0.545. The van der Waals surface area contributed by atoms with Crippen molar-refractivity contribution in [1.29, 1.82) is 0 Å². The summed E-state index contributed by atoms with van der Waals surface area (Å²) in [5.41, 5.74) is 1.64. The van der Waals surface area contributed by atoms with Gasteiger partial charge in [0, 0.05) is 35.9 Å². The van der Waals surface area contributed by atoms with Gasteiger partial charge in [-0.05, 0) is 57.2 Å². The molecule has 0 bridgehead atoms. The van der Waals surface area contributed by atoms with Gasteiger partial charge >= 0.3 is 6.03 Å². The average molecular weight is 423 g/mol. The molecular formula is C24H30N4O3. The van der Waals surface area contributed by atoms with Gasteiger partial charge in [-0.3, -0.25) is 4.79 Å². The monoisotopic (exact) mass is 422 g/mol. The Bertz CT molecular complexity index is 1010. The van der Waals surface area contributed by atoms with Crippen molar-refractivity contribution in [1.82, 2.24) is 14.8 Å². The van der Waals surface area contributed by atoms with Crippen LogP contribution in [0.4, 0.5) is 10.5 Å². The number of urea groups is 1. The molecule has 0 radical (unpaired) electrons. The van der Waals surface area contributed by atoms with Crippen molar-refractivity contribution >= 4 is 28.5 Å². The molecule has 1 atom stereocenters. The first kappa shape index (κ1) is 22.2. The zero-order chi connectivity index (χ0) is 22.2. The van der Waals surface area contributed by atoms with Gasteiger partial charge in [0.2, 0.25) is 5.91 Å². The minimum absolute atomic E-state index is 0.0934. The average Bonchev–Trinajstić information content (AvgIpc) is 3.16. The zero-order valence-electron chi connectivity index (χ0n) is 18.3. The Balaban J connectivity index is 1.54. The number of nitrogens with one attached hydrogen (secondary N) is 2. The number of carbonyl (C=O) groups excluding carboxylic acids is 2. The molecule has 1 aromatic heterocycles. The molecule has 0 saturated carbocycles. The van der Waals surface area contributed by atoms with Gasteiger partial charge in [0.15, 0.2) is 0 Å². The van der Waals surface area contributed by atoms with E-state index in [2.05, 4.69) is 10.6 Å². The molecule has 1 unspecified atom stereocenters. The molecule has 31 heavy (non-hydrogen) atoms. The van der Waals surface area contributed by atoms with Gasteiger partial charge in [-0.15, -0.1) is 0 Å². The molecule has 0 aliphatic heterocycles. The lowest BCUT2D eigenvalue weighted by molar-refractivity contribution is -0.131. The second kappa shape index (κ2) is 10.5. The van der Waals surface area contributed by atoms with Gasteiger partial charge in [0.1, 0.15) is 18.4 Å². The molecule has 3 aromatic rings. The lowest BCUT2D eigenvalue weighted by Gasteiger charge is -2.19. The number of likely N-dealkylation sites (N-methyl/N-ethyl adjacent to an activating group) is 1. The summed E-state index contributed by atoms with van der Waals surface area (Å²) in [6.07, 6.45) is 1.74. The molecule has 2 N–H and O–H groups in total. The number of ether oxygens (including phenoxy) is 1. The number of benzene rings is 2. The second-order valence-corrected chi connectivity index (χ2v) is 7.36. The zero-order valence-corrected chi connectivity index (χ0v) is 18.3. The van der Waals surface area contributed by atoms with Gasteiger partial charge in [0.05, 0.1) is 6.54 Å². The summed E-state index contributed by atoms with van der Waals surface area (Å²) in [5, 5.41) is 6.64. The number of amides is 3. The normalized spacial score (nSPS) is 11.7. The highest BCUT2D eigenvalue weighted by atomic mass is 16.5. The predicted molar refractivity (Wildman–Crippen MR) is 123 cm³/mol.